The van der Waals surface area contributed by atoms with Crippen LogP contribution in [0.3, 0.4) is 0 Å². The Hall–Kier alpha value is -0.870. The van der Waals surface area contributed by atoms with Crippen molar-refractivity contribution < 1.29 is 14.6 Å². The van der Waals surface area contributed by atoms with Crippen LogP contribution in [0.5, 0.6) is 0 Å². The molecule has 0 aliphatic heterocycles. The van der Waals surface area contributed by atoms with Gasteiger partial charge in [0.25, 0.3) is 0 Å². The SMILES string of the molecule is C=CC(=O)OC(C)(N)C(C)(O)CC. The molecule has 0 aromatic heterocycles. The van der Waals surface area contributed by atoms with E-state index in [9.17, 15) is 9.90 Å². The summed E-state index contributed by atoms with van der Waals surface area (Å²) in [6.07, 6.45) is 1.40. The molecule has 0 rings (SSSR count). The monoisotopic (exact) mass is 187 g/mol. The van der Waals surface area contributed by atoms with Gasteiger partial charge in [-0.25, -0.2) is 4.79 Å². The summed E-state index contributed by atoms with van der Waals surface area (Å²) in [6, 6.07) is 0. The van der Waals surface area contributed by atoms with Crippen LogP contribution in [0.15, 0.2) is 12.7 Å². The summed E-state index contributed by atoms with van der Waals surface area (Å²) >= 11 is 0. The van der Waals surface area contributed by atoms with Crippen LogP contribution in [0.25, 0.3) is 0 Å². The predicted molar refractivity (Wildman–Crippen MR) is 49.8 cm³/mol. The third-order valence-electron chi connectivity index (χ3n) is 2.24. The van der Waals surface area contributed by atoms with Gasteiger partial charge < -0.3 is 9.84 Å². The molecular weight excluding hydrogens is 170 g/mol. The van der Waals surface area contributed by atoms with Gasteiger partial charge in [0.1, 0.15) is 5.60 Å². The van der Waals surface area contributed by atoms with Gasteiger partial charge in [0.15, 0.2) is 5.72 Å². The molecule has 13 heavy (non-hydrogen) atoms. The van der Waals surface area contributed by atoms with Crippen molar-refractivity contribution >= 4 is 5.97 Å². The van der Waals surface area contributed by atoms with E-state index in [1.54, 1.807) is 6.92 Å². The van der Waals surface area contributed by atoms with Crippen LogP contribution >= 0.6 is 0 Å². The summed E-state index contributed by atoms with van der Waals surface area (Å²) in [4.78, 5) is 10.9. The van der Waals surface area contributed by atoms with Crippen LogP contribution in [-0.2, 0) is 9.53 Å². The molecule has 4 nitrogen and oxygen atoms in total. The topological polar surface area (TPSA) is 72.5 Å². The lowest BCUT2D eigenvalue weighted by Crippen LogP contribution is -2.59. The molecule has 0 aromatic rings. The first kappa shape index (κ1) is 12.1. The van der Waals surface area contributed by atoms with Crippen LogP contribution in [0.2, 0.25) is 0 Å². The van der Waals surface area contributed by atoms with E-state index in [1.165, 1.54) is 13.8 Å². The van der Waals surface area contributed by atoms with Gasteiger partial charge >= 0.3 is 5.97 Å². The third-order valence-corrected chi connectivity index (χ3v) is 2.24. The van der Waals surface area contributed by atoms with E-state index in [0.717, 1.165) is 6.08 Å². The molecule has 0 heterocycles. The van der Waals surface area contributed by atoms with Gasteiger partial charge in [-0.05, 0) is 20.3 Å². The Morgan fingerprint density at radius 2 is 2.15 bits per heavy atom. The van der Waals surface area contributed by atoms with Gasteiger partial charge in [-0.15, -0.1) is 0 Å². The summed E-state index contributed by atoms with van der Waals surface area (Å²) in [5.74, 6) is -0.640. The highest BCUT2D eigenvalue weighted by Crippen LogP contribution is 2.24. The zero-order valence-corrected chi connectivity index (χ0v) is 8.33. The summed E-state index contributed by atoms with van der Waals surface area (Å²) < 4.78 is 4.81. The van der Waals surface area contributed by atoms with E-state index in [2.05, 4.69) is 6.58 Å². The molecular formula is C9H17NO3. The van der Waals surface area contributed by atoms with Gasteiger partial charge in [-0.1, -0.05) is 13.5 Å². The largest absolute Gasteiger partial charge is 0.438 e. The normalized spacial score (nSPS) is 19.8. The van der Waals surface area contributed by atoms with Gasteiger partial charge in [-0.2, -0.15) is 0 Å². The molecule has 2 atom stereocenters. The van der Waals surface area contributed by atoms with E-state index in [-0.39, 0.29) is 0 Å². The summed E-state index contributed by atoms with van der Waals surface area (Å²) in [7, 11) is 0. The van der Waals surface area contributed by atoms with Gasteiger partial charge in [0.05, 0.1) is 0 Å². The zero-order valence-electron chi connectivity index (χ0n) is 8.33. The van der Waals surface area contributed by atoms with Crippen LogP contribution in [0.4, 0.5) is 0 Å². The van der Waals surface area contributed by atoms with E-state index in [0.29, 0.717) is 6.42 Å². The summed E-state index contributed by atoms with van der Waals surface area (Å²) in [5, 5.41) is 9.76. The van der Waals surface area contributed by atoms with E-state index >= 15 is 0 Å². The van der Waals surface area contributed by atoms with Gasteiger partial charge in [0, 0.05) is 6.08 Å². The minimum atomic E-state index is -1.40. The van der Waals surface area contributed by atoms with Crippen molar-refractivity contribution in [2.24, 2.45) is 5.73 Å². The number of hydrogen-bond acceptors (Lipinski definition) is 4. The molecule has 3 N–H and O–H groups in total. The van der Waals surface area contributed by atoms with Crippen molar-refractivity contribution in [3.63, 3.8) is 0 Å². The zero-order chi connectivity index (χ0) is 10.7. The van der Waals surface area contributed by atoms with Crippen molar-refractivity contribution in [3.8, 4) is 0 Å². The van der Waals surface area contributed by atoms with Gasteiger partial charge in [0.2, 0.25) is 0 Å². The van der Waals surface area contributed by atoms with Crippen molar-refractivity contribution in [2.75, 3.05) is 0 Å². The highest BCUT2D eigenvalue weighted by Gasteiger charge is 2.41. The van der Waals surface area contributed by atoms with E-state index in [4.69, 9.17) is 10.5 Å². The average molecular weight is 187 g/mol. The predicted octanol–water partition coefficient (Wildman–Crippen LogP) is 0.552. The minimum absolute atomic E-state index is 0.393. The molecule has 0 spiro atoms. The number of aliphatic hydroxyl groups is 1. The second kappa shape index (κ2) is 3.89. The van der Waals surface area contributed by atoms with Gasteiger partial charge in [-0.3, -0.25) is 5.73 Å². The van der Waals surface area contributed by atoms with Crippen LogP contribution in [-0.4, -0.2) is 22.4 Å². The Morgan fingerprint density at radius 1 is 1.69 bits per heavy atom. The number of carbonyl (C=O) groups excluding carboxylic acids is 1. The summed E-state index contributed by atoms with van der Waals surface area (Å²) in [6.45, 7) is 7.97. The lowest BCUT2D eigenvalue weighted by molar-refractivity contribution is -0.182. The quantitative estimate of drug-likeness (QED) is 0.383. The maximum atomic E-state index is 10.9. The molecule has 0 radical (unpaired) electrons. The lowest BCUT2D eigenvalue weighted by atomic mass is 9.91. The first-order chi connectivity index (χ1) is 5.77. The Balaban J connectivity index is 4.56. The molecule has 0 saturated carbocycles. The molecule has 0 aliphatic rings. The second-order valence-electron chi connectivity index (χ2n) is 3.36. The highest BCUT2D eigenvalue weighted by molar-refractivity contribution is 5.81. The standard InChI is InChI=1S/C9H17NO3/c1-5-7(11)13-9(4,10)8(3,12)6-2/h5,12H,1,6,10H2,2-4H3. The molecule has 4 heteroatoms. The van der Waals surface area contributed by atoms with Crippen molar-refractivity contribution in [2.45, 2.75) is 38.5 Å². The maximum Gasteiger partial charge on any atom is 0.331 e. The highest BCUT2D eigenvalue weighted by atomic mass is 16.6. The fourth-order valence-corrected chi connectivity index (χ4v) is 0.712. The molecule has 0 aliphatic carbocycles. The molecule has 0 saturated heterocycles. The Bertz CT molecular complexity index is 209. The second-order valence-corrected chi connectivity index (χ2v) is 3.36. The Kier molecular flexibility index (Phi) is 3.63. The molecule has 76 valence electrons. The molecule has 0 amide bonds. The fourth-order valence-electron chi connectivity index (χ4n) is 0.712. The molecule has 0 aromatic carbocycles. The van der Waals surface area contributed by atoms with Crippen molar-refractivity contribution in [1.82, 2.24) is 0 Å². The van der Waals surface area contributed by atoms with E-state index in [1.807, 2.05) is 0 Å². The molecule has 0 fully saturated rings. The smallest absolute Gasteiger partial charge is 0.331 e. The maximum absolute atomic E-state index is 10.9. The number of esters is 1. The Morgan fingerprint density at radius 3 is 2.46 bits per heavy atom. The Labute approximate surface area is 78.4 Å². The summed E-state index contributed by atoms with van der Waals surface area (Å²) in [5.41, 5.74) is 3.00. The number of carbonyl (C=O) groups is 1. The molecule has 0 bridgehead atoms. The minimum Gasteiger partial charge on any atom is -0.438 e. The lowest BCUT2D eigenvalue weighted by Gasteiger charge is -2.37. The first-order valence-corrected chi connectivity index (χ1v) is 4.13. The number of ether oxygens (including phenoxy) is 1. The number of hydrogen-bond donors (Lipinski definition) is 2. The average Bonchev–Trinajstić information content (AvgIpc) is 2.03. The van der Waals surface area contributed by atoms with Crippen LogP contribution in [0, 0.1) is 0 Å². The van der Waals surface area contributed by atoms with Crippen LogP contribution in [0.1, 0.15) is 27.2 Å². The van der Waals surface area contributed by atoms with Crippen molar-refractivity contribution in [3.05, 3.63) is 12.7 Å². The number of nitrogens with two attached hydrogens (primary N) is 1. The van der Waals surface area contributed by atoms with E-state index < -0.39 is 17.3 Å². The molecule has 2 unspecified atom stereocenters. The van der Waals surface area contributed by atoms with Crippen LogP contribution < -0.4 is 5.73 Å². The fraction of sp³-hybridized carbons (Fsp3) is 0.667. The third kappa shape index (κ3) is 2.82. The number of rotatable bonds is 4. The van der Waals surface area contributed by atoms with Crippen molar-refractivity contribution in [1.29, 1.82) is 0 Å². The first-order valence-electron chi connectivity index (χ1n) is 4.13.